The van der Waals surface area contributed by atoms with Crippen molar-refractivity contribution < 1.29 is 19.1 Å². The Morgan fingerprint density at radius 3 is 2.80 bits per heavy atom. The van der Waals surface area contributed by atoms with Crippen LogP contribution in [0.15, 0.2) is 0 Å². The SMILES string of the molecule is CCCCOC(=O)N1CC[C@H](NC(=O)CSC(C)=O)C1. The normalized spacial score (nSPS) is 17.9. The molecule has 0 spiro atoms. The van der Waals surface area contributed by atoms with E-state index in [0.717, 1.165) is 31.0 Å². The maximum absolute atomic E-state index is 11.7. The molecule has 0 aromatic carbocycles. The van der Waals surface area contributed by atoms with Crippen LogP contribution in [0.25, 0.3) is 0 Å². The van der Waals surface area contributed by atoms with E-state index < -0.39 is 0 Å². The van der Waals surface area contributed by atoms with Crippen LogP contribution in [-0.2, 0) is 14.3 Å². The predicted molar refractivity (Wildman–Crippen MR) is 77.5 cm³/mol. The molecule has 1 N–H and O–H groups in total. The van der Waals surface area contributed by atoms with E-state index >= 15 is 0 Å². The van der Waals surface area contributed by atoms with E-state index in [1.54, 1.807) is 4.90 Å². The summed E-state index contributed by atoms with van der Waals surface area (Å²) in [4.78, 5) is 35.7. The summed E-state index contributed by atoms with van der Waals surface area (Å²) in [7, 11) is 0. The standard InChI is InChI=1S/C13H22N2O4S/c1-3-4-7-19-13(18)15-6-5-11(8-15)14-12(17)9-20-10(2)16/h11H,3-9H2,1-2H3,(H,14,17)/t11-/m0/s1. The van der Waals surface area contributed by atoms with Gasteiger partial charge in [0, 0.05) is 26.1 Å². The van der Waals surface area contributed by atoms with Gasteiger partial charge < -0.3 is 15.0 Å². The second-order valence-corrected chi connectivity index (χ2v) is 5.90. The van der Waals surface area contributed by atoms with Gasteiger partial charge in [-0.2, -0.15) is 0 Å². The van der Waals surface area contributed by atoms with Crippen molar-refractivity contribution in [2.24, 2.45) is 0 Å². The number of rotatable bonds is 6. The maximum atomic E-state index is 11.7. The third-order valence-electron chi connectivity index (χ3n) is 2.94. The van der Waals surface area contributed by atoms with E-state index in [2.05, 4.69) is 5.32 Å². The molecule has 0 aromatic rings. The Morgan fingerprint density at radius 2 is 2.15 bits per heavy atom. The molecule has 1 aliphatic heterocycles. The molecule has 1 heterocycles. The number of unbranched alkanes of at least 4 members (excludes halogenated alkanes) is 1. The van der Waals surface area contributed by atoms with Gasteiger partial charge in [0.05, 0.1) is 12.4 Å². The van der Waals surface area contributed by atoms with Crippen molar-refractivity contribution in [1.82, 2.24) is 10.2 Å². The first-order valence-corrected chi connectivity index (χ1v) is 7.86. The highest BCUT2D eigenvalue weighted by Gasteiger charge is 2.28. The first kappa shape index (κ1) is 16.8. The Morgan fingerprint density at radius 1 is 1.40 bits per heavy atom. The number of hydrogen-bond donors (Lipinski definition) is 1. The van der Waals surface area contributed by atoms with Crippen LogP contribution in [0.4, 0.5) is 4.79 Å². The van der Waals surface area contributed by atoms with E-state index in [-0.39, 0.29) is 28.9 Å². The zero-order chi connectivity index (χ0) is 15.0. The van der Waals surface area contributed by atoms with Crippen molar-refractivity contribution >= 4 is 28.9 Å². The summed E-state index contributed by atoms with van der Waals surface area (Å²) in [5, 5.41) is 2.75. The Balaban J connectivity index is 2.23. The second-order valence-electron chi connectivity index (χ2n) is 4.75. The molecule has 0 aromatic heterocycles. The lowest BCUT2D eigenvalue weighted by molar-refractivity contribution is -0.119. The van der Waals surface area contributed by atoms with Crippen molar-refractivity contribution in [2.75, 3.05) is 25.4 Å². The summed E-state index contributed by atoms with van der Waals surface area (Å²) in [5.41, 5.74) is 0. The van der Waals surface area contributed by atoms with Gasteiger partial charge in [-0.05, 0) is 12.8 Å². The molecule has 6 nitrogen and oxygen atoms in total. The van der Waals surface area contributed by atoms with E-state index in [1.807, 2.05) is 6.92 Å². The molecule has 2 amide bonds. The fourth-order valence-corrected chi connectivity index (χ4v) is 2.29. The summed E-state index contributed by atoms with van der Waals surface area (Å²) < 4.78 is 5.12. The molecule has 0 aliphatic carbocycles. The highest BCUT2D eigenvalue weighted by molar-refractivity contribution is 8.14. The number of nitrogens with zero attached hydrogens (tertiary/aromatic N) is 1. The van der Waals surface area contributed by atoms with Gasteiger partial charge >= 0.3 is 6.09 Å². The first-order valence-electron chi connectivity index (χ1n) is 6.87. The number of nitrogens with one attached hydrogen (secondary N) is 1. The van der Waals surface area contributed by atoms with Crippen molar-refractivity contribution in [3.63, 3.8) is 0 Å². The lowest BCUT2D eigenvalue weighted by Gasteiger charge is -2.16. The minimum absolute atomic E-state index is 0.0474. The zero-order valence-electron chi connectivity index (χ0n) is 12.0. The van der Waals surface area contributed by atoms with Crippen molar-refractivity contribution in [1.29, 1.82) is 0 Å². The molecule has 1 rings (SSSR count). The molecule has 1 atom stereocenters. The van der Waals surface area contributed by atoms with E-state index in [4.69, 9.17) is 4.74 Å². The fraction of sp³-hybridized carbons (Fsp3) is 0.769. The van der Waals surface area contributed by atoms with Crippen LogP contribution >= 0.6 is 11.8 Å². The van der Waals surface area contributed by atoms with Crippen LogP contribution in [0.2, 0.25) is 0 Å². The van der Waals surface area contributed by atoms with Crippen LogP contribution in [0, 0.1) is 0 Å². The molecule has 0 bridgehead atoms. The molecule has 0 saturated carbocycles. The molecule has 20 heavy (non-hydrogen) atoms. The highest BCUT2D eigenvalue weighted by atomic mass is 32.2. The molecular formula is C13H22N2O4S. The fourth-order valence-electron chi connectivity index (χ4n) is 1.88. The van der Waals surface area contributed by atoms with Crippen molar-refractivity contribution in [3.8, 4) is 0 Å². The van der Waals surface area contributed by atoms with Gasteiger partial charge in [-0.3, -0.25) is 9.59 Å². The molecular weight excluding hydrogens is 280 g/mol. The minimum atomic E-state index is -0.312. The van der Waals surface area contributed by atoms with Crippen LogP contribution in [-0.4, -0.2) is 53.5 Å². The van der Waals surface area contributed by atoms with E-state index in [1.165, 1.54) is 6.92 Å². The quantitative estimate of drug-likeness (QED) is 0.750. The first-order chi connectivity index (χ1) is 9.52. The number of amides is 2. The van der Waals surface area contributed by atoms with Gasteiger partial charge in [-0.15, -0.1) is 0 Å². The topological polar surface area (TPSA) is 75.7 Å². The third kappa shape index (κ3) is 6.27. The lowest BCUT2D eigenvalue weighted by atomic mass is 10.2. The molecule has 1 aliphatic rings. The second kappa shape index (κ2) is 8.84. The molecule has 7 heteroatoms. The average molecular weight is 302 g/mol. The maximum Gasteiger partial charge on any atom is 0.409 e. The van der Waals surface area contributed by atoms with Crippen molar-refractivity contribution in [3.05, 3.63) is 0 Å². The Hall–Kier alpha value is -1.24. The molecule has 1 saturated heterocycles. The van der Waals surface area contributed by atoms with Crippen LogP contribution in [0.3, 0.4) is 0 Å². The smallest absolute Gasteiger partial charge is 0.409 e. The summed E-state index contributed by atoms with van der Waals surface area (Å²) in [5.74, 6) is -0.0383. The zero-order valence-corrected chi connectivity index (χ0v) is 12.8. The molecule has 0 unspecified atom stereocenters. The van der Waals surface area contributed by atoms with Gasteiger partial charge in [0.25, 0.3) is 0 Å². The number of ether oxygens (including phenoxy) is 1. The minimum Gasteiger partial charge on any atom is -0.449 e. The summed E-state index contributed by atoms with van der Waals surface area (Å²) in [6.07, 6.45) is 2.26. The molecule has 114 valence electrons. The summed E-state index contributed by atoms with van der Waals surface area (Å²) in [6.45, 7) is 4.98. The molecule has 0 radical (unpaired) electrons. The van der Waals surface area contributed by atoms with Crippen molar-refractivity contribution in [2.45, 2.75) is 39.2 Å². The van der Waals surface area contributed by atoms with Gasteiger partial charge in [0.1, 0.15) is 0 Å². The van der Waals surface area contributed by atoms with Gasteiger partial charge in [-0.1, -0.05) is 25.1 Å². The largest absolute Gasteiger partial charge is 0.449 e. The summed E-state index contributed by atoms with van der Waals surface area (Å²) >= 11 is 0.987. The summed E-state index contributed by atoms with van der Waals surface area (Å²) in [6, 6.07) is -0.0474. The van der Waals surface area contributed by atoms with Gasteiger partial charge in [0.2, 0.25) is 5.91 Å². The average Bonchev–Trinajstić information content (AvgIpc) is 2.85. The van der Waals surface area contributed by atoms with Gasteiger partial charge in [0.15, 0.2) is 5.12 Å². The van der Waals surface area contributed by atoms with Gasteiger partial charge in [-0.25, -0.2) is 4.79 Å². The van der Waals surface area contributed by atoms with E-state index in [0.29, 0.717) is 19.7 Å². The molecule has 1 fully saturated rings. The van der Waals surface area contributed by atoms with Crippen LogP contribution in [0.1, 0.15) is 33.1 Å². The Bertz CT molecular complexity index is 362. The number of thioether (sulfide) groups is 1. The third-order valence-corrected chi connectivity index (χ3v) is 3.75. The predicted octanol–water partition coefficient (Wildman–Crippen LogP) is 1.39. The van der Waals surface area contributed by atoms with Crippen LogP contribution in [0.5, 0.6) is 0 Å². The Kier molecular flexibility index (Phi) is 7.43. The Labute approximate surface area is 123 Å². The number of carbonyl (C=O) groups is 3. The van der Waals surface area contributed by atoms with Crippen LogP contribution < -0.4 is 5.32 Å². The monoisotopic (exact) mass is 302 g/mol. The lowest BCUT2D eigenvalue weighted by Crippen LogP contribution is -2.39. The number of carbonyl (C=O) groups excluding carboxylic acids is 3. The number of hydrogen-bond acceptors (Lipinski definition) is 5. The number of likely N-dealkylation sites (tertiary alicyclic amines) is 1. The highest BCUT2D eigenvalue weighted by Crippen LogP contribution is 2.11. The van der Waals surface area contributed by atoms with E-state index in [9.17, 15) is 14.4 Å².